The molecule has 0 bridgehead atoms. The minimum Gasteiger partial charge on any atom is -0.369 e. The molecular weight excluding hydrogens is 200 g/mol. The van der Waals surface area contributed by atoms with Gasteiger partial charge in [-0.3, -0.25) is 0 Å². The lowest BCUT2D eigenvalue weighted by Gasteiger charge is -2.20. The zero-order chi connectivity index (χ0) is 12.0. The molecule has 4 heteroatoms. The predicted octanol–water partition coefficient (Wildman–Crippen LogP) is 1.75. The van der Waals surface area contributed by atoms with E-state index in [0.29, 0.717) is 5.69 Å². The largest absolute Gasteiger partial charge is 0.369 e. The van der Waals surface area contributed by atoms with Gasteiger partial charge in [-0.1, -0.05) is 6.07 Å². The summed E-state index contributed by atoms with van der Waals surface area (Å²) in [6.45, 7) is 8.03. The van der Waals surface area contributed by atoms with Gasteiger partial charge in [-0.25, -0.2) is 4.98 Å². The number of anilines is 1. The van der Waals surface area contributed by atoms with Crippen LogP contribution in [0.4, 0.5) is 5.82 Å². The van der Waals surface area contributed by atoms with Crippen LogP contribution in [0, 0.1) is 11.3 Å². The summed E-state index contributed by atoms with van der Waals surface area (Å²) in [4.78, 5) is 4.13. The summed E-state index contributed by atoms with van der Waals surface area (Å²) in [6, 6.07) is 7.39. The molecule has 0 aliphatic carbocycles. The number of pyridine rings is 1. The molecule has 0 fully saturated rings. The fourth-order valence-electron chi connectivity index (χ4n) is 1.22. The van der Waals surface area contributed by atoms with Crippen molar-refractivity contribution in [1.82, 2.24) is 10.3 Å². The first-order chi connectivity index (χ1) is 7.51. The number of nitrogens with zero attached hydrogens (tertiary/aromatic N) is 2. The monoisotopic (exact) mass is 218 g/mol. The van der Waals surface area contributed by atoms with Gasteiger partial charge in [0, 0.05) is 18.6 Å². The van der Waals surface area contributed by atoms with Gasteiger partial charge < -0.3 is 10.6 Å². The fraction of sp³-hybridized carbons (Fsp3) is 0.500. The molecule has 0 radical (unpaired) electrons. The van der Waals surface area contributed by atoms with Crippen LogP contribution in [0.15, 0.2) is 18.2 Å². The molecule has 0 aromatic carbocycles. The second-order valence-corrected chi connectivity index (χ2v) is 4.62. The molecule has 4 nitrogen and oxygen atoms in total. The molecule has 0 atom stereocenters. The Hall–Kier alpha value is -1.60. The standard InChI is InChI=1S/C12H18N4/c1-12(2,3)15-8-7-14-11-6-4-5-10(9-13)16-11/h4-6,15H,7-8H2,1-3H3,(H,14,16). The Kier molecular flexibility index (Phi) is 4.27. The highest BCUT2D eigenvalue weighted by Crippen LogP contribution is 2.03. The molecule has 1 aromatic heterocycles. The van der Waals surface area contributed by atoms with Gasteiger partial charge in [0.25, 0.3) is 0 Å². The van der Waals surface area contributed by atoms with Gasteiger partial charge in [0.2, 0.25) is 0 Å². The van der Waals surface area contributed by atoms with Crippen LogP contribution in [0.2, 0.25) is 0 Å². The fourth-order valence-corrected chi connectivity index (χ4v) is 1.22. The molecule has 2 N–H and O–H groups in total. The summed E-state index contributed by atoms with van der Waals surface area (Å²) in [5.41, 5.74) is 0.567. The normalized spacial score (nSPS) is 10.9. The first-order valence-corrected chi connectivity index (χ1v) is 5.37. The van der Waals surface area contributed by atoms with Crippen molar-refractivity contribution in [2.24, 2.45) is 0 Å². The van der Waals surface area contributed by atoms with Crippen LogP contribution in [0.25, 0.3) is 0 Å². The number of hydrogen-bond donors (Lipinski definition) is 2. The molecule has 0 saturated heterocycles. The smallest absolute Gasteiger partial charge is 0.142 e. The zero-order valence-corrected chi connectivity index (χ0v) is 10.0. The van der Waals surface area contributed by atoms with Gasteiger partial charge in [0.1, 0.15) is 17.6 Å². The summed E-state index contributed by atoms with van der Waals surface area (Å²) < 4.78 is 0. The highest BCUT2D eigenvalue weighted by molar-refractivity contribution is 5.38. The minimum absolute atomic E-state index is 0.129. The molecule has 16 heavy (non-hydrogen) atoms. The maximum absolute atomic E-state index is 8.69. The molecule has 0 spiro atoms. The molecular formula is C12H18N4. The molecule has 1 rings (SSSR count). The first-order valence-electron chi connectivity index (χ1n) is 5.37. The van der Waals surface area contributed by atoms with Gasteiger partial charge in [0.15, 0.2) is 0 Å². The lowest BCUT2D eigenvalue weighted by Crippen LogP contribution is -2.38. The van der Waals surface area contributed by atoms with Crippen molar-refractivity contribution in [3.8, 4) is 6.07 Å². The van der Waals surface area contributed by atoms with E-state index in [0.717, 1.165) is 18.9 Å². The van der Waals surface area contributed by atoms with Crippen LogP contribution in [-0.2, 0) is 0 Å². The lowest BCUT2D eigenvalue weighted by molar-refractivity contribution is 0.435. The number of nitriles is 1. The molecule has 1 heterocycles. The van der Waals surface area contributed by atoms with E-state index in [2.05, 4.69) is 36.4 Å². The Morgan fingerprint density at radius 1 is 1.31 bits per heavy atom. The van der Waals surface area contributed by atoms with E-state index < -0.39 is 0 Å². The van der Waals surface area contributed by atoms with Crippen LogP contribution in [0.1, 0.15) is 26.5 Å². The summed E-state index contributed by atoms with van der Waals surface area (Å²) in [5.74, 6) is 0.745. The molecule has 0 aliphatic rings. The van der Waals surface area contributed by atoms with Crippen LogP contribution in [0.3, 0.4) is 0 Å². The van der Waals surface area contributed by atoms with Crippen molar-refractivity contribution < 1.29 is 0 Å². The summed E-state index contributed by atoms with van der Waals surface area (Å²) >= 11 is 0. The second kappa shape index (κ2) is 5.47. The lowest BCUT2D eigenvalue weighted by atomic mass is 10.1. The van der Waals surface area contributed by atoms with E-state index in [1.807, 2.05) is 18.2 Å². The van der Waals surface area contributed by atoms with E-state index in [4.69, 9.17) is 5.26 Å². The molecule has 0 unspecified atom stereocenters. The van der Waals surface area contributed by atoms with E-state index >= 15 is 0 Å². The average Bonchev–Trinajstić information content (AvgIpc) is 2.23. The summed E-state index contributed by atoms with van der Waals surface area (Å²) in [7, 11) is 0. The Morgan fingerprint density at radius 3 is 2.69 bits per heavy atom. The van der Waals surface area contributed by atoms with E-state index in [1.165, 1.54) is 0 Å². The summed E-state index contributed by atoms with van der Waals surface area (Å²) in [5, 5.41) is 15.2. The zero-order valence-electron chi connectivity index (χ0n) is 10.0. The van der Waals surface area contributed by atoms with Crippen molar-refractivity contribution >= 4 is 5.82 Å². The van der Waals surface area contributed by atoms with E-state index in [1.54, 1.807) is 6.07 Å². The number of aromatic nitrogens is 1. The van der Waals surface area contributed by atoms with Crippen LogP contribution >= 0.6 is 0 Å². The molecule has 86 valence electrons. The van der Waals surface area contributed by atoms with Crippen molar-refractivity contribution in [3.63, 3.8) is 0 Å². The van der Waals surface area contributed by atoms with Crippen molar-refractivity contribution in [1.29, 1.82) is 5.26 Å². The Bertz CT molecular complexity index is 373. The highest BCUT2D eigenvalue weighted by Gasteiger charge is 2.06. The third-order valence-corrected chi connectivity index (χ3v) is 1.95. The second-order valence-electron chi connectivity index (χ2n) is 4.62. The van der Waals surface area contributed by atoms with Crippen LogP contribution < -0.4 is 10.6 Å². The summed E-state index contributed by atoms with van der Waals surface area (Å²) in [6.07, 6.45) is 0. The molecule has 1 aromatic rings. The van der Waals surface area contributed by atoms with Gasteiger partial charge in [-0.15, -0.1) is 0 Å². The van der Waals surface area contributed by atoms with Crippen molar-refractivity contribution in [2.75, 3.05) is 18.4 Å². The molecule has 0 saturated carbocycles. The van der Waals surface area contributed by atoms with Gasteiger partial charge in [-0.2, -0.15) is 5.26 Å². The number of nitrogens with one attached hydrogen (secondary N) is 2. The Balaban J connectivity index is 2.35. The van der Waals surface area contributed by atoms with Crippen molar-refractivity contribution in [2.45, 2.75) is 26.3 Å². The Labute approximate surface area is 96.7 Å². The predicted molar refractivity (Wildman–Crippen MR) is 65.2 cm³/mol. The number of hydrogen-bond acceptors (Lipinski definition) is 4. The average molecular weight is 218 g/mol. The van der Waals surface area contributed by atoms with Gasteiger partial charge in [-0.05, 0) is 32.9 Å². The highest BCUT2D eigenvalue weighted by atomic mass is 15.0. The maximum Gasteiger partial charge on any atom is 0.142 e. The molecule has 0 aliphatic heterocycles. The maximum atomic E-state index is 8.69. The van der Waals surface area contributed by atoms with E-state index in [-0.39, 0.29) is 5.54 Å². The minimum atomic E-state index is 0.129. The third kappa shape index (κ3) is 4.76. The molecule has 0 amide bonds. The third-order valence-electron chi connectivity index (χ3n) is 1.95. The number of rotatable bonds is 4. The SMILES string of the molecule is CC(C)(C)NCCNc1cccc(C#N)n1. The van der Waals surface area contributed by atoms with Gasteiger partial charge >= 0.3 is 0 Å². The van der Waals surface area contributed by atoms with Crippen LogP contribution in [-0.4, -0.2) is 23.6 Å². The van der Waals surface area contributed by atoms with Crippen molar-refractivity contribution in [3.05, 3.63) is 23.9 Å². The Morgan fingerprint density at radius 2 is 2.06 bits per heavy atom. The van der Waals surface area contributed by atoms with Gasteiger partial charge in [0.05, 0.1) is 0 Å². The van der Waals surface area contributed by atoms with Crippen LogP contribution in [0.5, 0.6) is 0 Å². The quantitative estimate of drug-likeness (QED) is 0.756. The topological polar surface area (TPSA) is 60.7 Å². The van der Waals surface area contributed by atoms with E-state index in [9.17, 15) is 0 Å². The first kappa shape index (κ1) is 12.5.